The summed E-state index contributed by atoms with van der Waals surface area (Å²) in [6, 6.07) is 6.18. The van der Waals surface area contributed by atoms with Gasteiger partial charge in [-0.3, -0.25) is 9.98 Å². The van der Waals surface area contributed by atoms with Crippen molar-refractivity contribution in [2.45, 2.75) is 19.9 Å². The number of guanidine groups is 1. The van der Waals surface area contributed by atoms with Crippen LogP contribution >= 0.6 is 39.9 Å². The first kappa shape index (κ1) is 21.0. The molecule has 0 saturated heterocycles. The van der Waals surface area contributed by atoms with Gasteiger partial charge in [0.05, 0.1) is 6.54 Å². The van der Waals surface area contributed by atoms with Gasteiger partial charge in [-0.05, 0) is 47.0 Å². The molecule has 0 fully saturated rings. The molecular weight excluding hydrogens is 481 g/mol. The van der Waals surface area contributed by atoms with Crippen LogP contribution in [0, 0.1) is 0 Å². The number of nitrogens with zero attached hydrogens (tertiary/aromatic N) is 4. The number of nitrogens with one attached hydrogen (secondary N) is 1. The number of hydrogen-bond acceptors (Lipinski definition) is 2. The molecule has 0 amide bonds. The molecule has 2 aromatic heterocycles. The fraction of sp³-hybridized carbons (Fsp3) is 0.412. The number of halogens is 2. The van der Waals surface area contributed by atoms with Crippen LogP contribution in [0.4, 0.5) is 0 Å². The van der Waals surface area contributed by atoms with Crippen molar-refractivity contribution in [3.05, 3.63) is 52.5 Å². The molecule has 2 rings (SSSR count). The van der Waals surface area contributed by atoms with E-state index in [1.165, 1.54) is 11.3 Å². The van der Waals surface area contributed by atoms with E-state index in [1.807, 2.05) is 12.3 Å². The van der Waals surface area contributed by atoms with E-state index in [2.05, 4.69) is 75.0 Å². The summed E-state index contributed by atoms with van der Waals surface area (Å²) in [5.74, 6) is 0.925. The van der Waals surface area contributed by atoms with E-state index in [0.29, 0.717) is 0 Å². The van der Waals surface area contributed by atoms with Crippen molar-refractivity contribution in [2.24, 2.45) is 12.0 Å². The van der Waals surface area contributed by atoms with Crippen LogP contribution in [0.5, 0.6) is 0 Å². The maximum absolute atomic E-state index is 4.72. The highest BCUT2D eigenvalue weighted by molar-refractivity contribution is 14.0. The van der Waals surface area contributed by atoms with Gasteiger partial charge in [-0.1, -0.05) is 6.07 Å². The minimum absolute atomic E-state index is 0. The van der Waals surface area contributed by atoms with E-state index in [9.17, 15) is 0 Å². The number of pyridine rings is 1. The van der Waals surface area contributed by atoms with E-state index in [1.54, 1.807) is 6.20 Å². The second kappa shape index (κ2) is 10.7. The van der Waals surface area contributed by atoms with Crippen LogP contribution < -0.4 is 5.32 Å². The Morgan fingerprint density at radius 1 is 1.46 bits per heavy atom. The molecule has 2 heterocycles. The van der Waals surface area contributed by atoms with Gasteiger partial charge in [-0.25, -0.2) is 0 Å². The molecule has 24 heavy (non-hydrogen) atoms. The Morgan fingerprint density at radius 2 is 2.25 bits per heavy atom. The lowest BCUT2D eigenvalue weighted by Crippen LogP contribution is -2.39. The van der Waals surface area contributed by atoms with Crippen molar-refractivity contribution in [3.63, 3.8) is 0 Å². The second-order valence-corrected chi connectivity index (χ2v) is 6.38. The summed E-state index contributed by atoms with van der Waals surface area (Å²) in [5, 5.41) is 3.35. The first-order chi connectivity index (χ1) is 11.1. The summed E-state index contributed by atoms with van der Waals surface area (Å²) in [5.41, 5.74) is 2.44. The number of rotatable bonds is 6. The minimum atomic E-state index is 0. The Bertz CT molecular complexity index is 642. The van der Waals surface area contributed by atoms with Gasteiger partial charge in [0.2, 0.25) is 0 Å². The monoisotopic (exact) mass is 505 g/mol. The molecule has 1 N–H and O–H groups in total. The first-order valence-electron chi connectivity index (χ1n) is 7.79. The zero-order valence-corrected chi connectivity index (χ0v) is 18.3. The van der Waals surface area contributed by atoms with Crippen LogP contribution in [0.15, 0.2) is 46.3 Å². The maximum Gasteiger partial charge on any atom is 0.194 e. The van der Waals surface area contributed by atoms with Gasteiger partial charge < -0.3 is 14.8 Å². The van der Waals surface area contributed by atoms with Gasteiger partial charge in [0.25, 0.3) is 0 Å². The van der Waals surface area contributed by atoms with Crippen LogP contribution in [0.2, 0.25) is 0 Å². The molecule has 0 bridgehead atoms. The Balaban J connectivity index is 0.00000288. The number of hydrogen-bond donors (Lipinski definition) is 1. The number of aromatic nitrogens is 2. The molecule has 0 aliphatic heterocycles. The average Bonchev–Trinajstić information content (AvgIpc) is 2.85. The predicted octanol–water partition coefficient (Wildman–Crippen LogP) is 3.44. The minimum Gasteiger partial charge on any atom is -0.357 e. The van der Waals surface area contributed by atoms with Crippen molar-refractivity contribution in [3.8, 4) is 0 Å². The highest BCUT2D eigenvalue weighted by Crippen LogP contribution is 2.15. The number of aliphatic imine (C=N–C) groups is 1. The molecular formula is C17H25BrIN5. The molecule has 0 atom stereocenters. The molecule has 7 heteroatoms. The topological polar surface area (TPSA) is 45.5 Å². The normalized spacial score (nSPS) is 11.1. The fourth-order valence-electron chi connectivity index (χ4n) is 2.35. The van der Waals surface area contributed by atoms with Crippen molar-refractivity contribution in [1.29, 1.82) is 0 Å². The first-order valence-corrected chi connectivity index (χ1v) is 8.58. The molecule has 0 aliphatic carbocycles. The molecule has 0 unspecified atom stereocenters. The highest BCUT2D eigenvalue weighted by atomic mass is 127. The Labute approximate surface area is 169 Å². The maximum atomic E-state index is 4.72. The molecule has 2 aromatic rings. The standard InChI is InChI=1S/C17H24BrN5.HI/c1-4-20-17(21-9-7-14-6-5-8-19-11-14)23(3)13-16-10-15(18)12-22(16)2;/h5-6,8,10-12H,4,7,9,13H2,1-3H3,(H,20,21);1H. The lowest BCUT2D eigenvalue weighted by atomic mass is 10.2. The van der Waals surface area contributed by atoms with Crippen molar-refractivity contribution < 1.29 is 0 Å². The SMILES string of the molecule is CCNC(=NCCc1cccnc1)N(C)Cc1cc(Br)cn1C.I. The van der Waals surface area contributed by atoms with Gasteiger partial charge in [-0.15, -0.1) is 24.0 Å². The summed E-state index contributed by atoms with van der Waals surface area (Å²) < 4.78 is 3.22. The molecule has 0 spiro atoms. The van der Waals surface area contributed by atoms with Crippen LogP contribution in [0.1, 0.15) is 18.2 Å². The summed E-state index contributed by atoms with van der Waals surface area (Å²) in [6.45, 7) is 4.49. The molecule has 0 aliphatic rings. The van der Waals surface area contributed by atoms with Crippen molar-refractivity contribution >= 4 is 45.9 Å². The van der Waals surface area contributed by atoms with E-state index in [4.69, 9.17) is 4.99 Å². The van der Waals surface area contributed by atoms with E-state index < -0.39 is 0 Å². The summed E-state index contributed by atoms with van der Waals surface area (Å²) in [7, 11) is 4.12. The van der Waals surface area contributed by atoms with Gasteiger partial charge >= 0.3 is 0 Å². The van der Waals surface area contributed by atoms with Crippen LogP contribution in [0.25, 0.3) is 0 Å². The predicted molar refractivity (Wildman–Crippen MR) is 114 cm³/mol. The highest BCUT2D eigenvalue weighted by Gasteiger charge is 2.09. The van der Waals surface area contributed by atoms with Gasteiger partial charge in [0.15, 0.2) is 5.96 Å². The van der Waals surface area contributed by atoms with Crippen molar-refractivity contribution in [2.75, 3.05) is 20.1 Å². The number of aryl methyl sites for hydroxylation is 1. The van der Waals surface area contributed by atoms with Gasteiger partial charge in [-0.2, -0.15) is 0 Å². The van der Waals surface area contributed by atoms with Crippen LogP contribution in [-0.2, 0) is 20.0 Å². The Morgan fingerprint density at radius 3 is 2.83 bits per heavy atom. The quantitative estimate of drug-likeness (QED) is 0.371. The lowest BCUT2D eigenvalue weighted by Gasteiger charge is -2.22. The second-order valence-electron chi connectivity index (χ2n) is 5.46. The third-order valence-electron chi connectivity index (χ3n) is 3.55. The fourth-order valence-corrected chi connectivity index (χ4v) is 2.92. The van der Waals surface area contributed by atoms with Gasteiger partial charge in [0.1, 0.15) is 0 Å². The Hall–Kier alpha value is -1.09. The smallest absolute Gasteiger partial charge is 0.194 e. The molecule has 0 aromatic carbocycles. The summed E-state index contributed by atoms with van der Waals surface area (Å²) in [4.78, 5) is 11.0. The third-order valence-corrected chi connectivity index (χ3v) is 3.99. The zero-order valence-electron chi connectivity index (χ0n) is 14.4. The van der Waals surface area contributed by atoms with Crippen molar-refractivity contribution in [1.82, 2.24) is 19.8 Å². The summed E-state index contributed by atoms with van der Waals surface area (Å²) in [6.07, 6.45) is 6.65. The lowest BCUT2D eigenvalue weighted by molar-refractivity contribution is 0.462. The van der Waals surface area contributed by atoms with E-state index in [-0.39, 0.29) is 24.0 Å². The zero-order chi connectivity index (χ0) is 16.7. The van der Waals surface area contributed by atoms with E-state index >= 15 is 0 Å². The molecule has 0 radical (unpaired) electrons. The van der Waals surface area contributed by atoms with Crippen LogP contribution in [-0.4, -0.2) is 40.5 Å². The van der Waals surface area contributed by atoms with Gasteiger partial charge in [0, 0.05) is 55.9 Å². The van der Waals surface area contributed by atoms with Crippen LogP contribution in [0.3, 0.4) is 0 Å². The third kappa shape index (κ3) is 6.43. The molecule has 0 saturated carbocycles. The summed E-state index contributed by atoms with van der Waals surface area (Å²) >= 11 is 3.52. The Kier molecular flexibility index (Phi) is 9.35. The molecule has 5 nitrogen and oxygen atoms in total. The van der Waals surface area contributed by atoms with E-state index in [0.717, 1.165) is 36.5 Å². The average molecular weight is 506 g/mol. The molecule has 132 valence electrons. The largest absolute Gasteiger partial charge is 0.357 e.